The lowest BCUT2D eigenvalue weighted by atomic mass is 10.1. The van der Waals surface area contributed by atoms with Crippen LogP contribution in [0.4, 0.5) is 0 Å². The second-order valence-corrected chi connectivity index (χ2v) is 6.48. The van der Waals surface area contributed by atoms with Crippen LogP contribution in [0.2, 0.25) is 0 Å². The molecule has 1 aromatic heterocycles. The Morgan fingerprint density at radius 2 is 1.88 bits per heavy atom. The van der Waals surface area contributed by atoms with Crippen LogP contribution in [0.15, 0.2) is 48.0 Å². The number of carboxylic acids is 1. The molecule has 0 aliphatic carbocycles. The molecular formula is C22H22N2O2. The minimum absolute atomic E-state index is 0.257. The highest BCUT2D eigenvalue weighted by Gasteiger charge is 2.11. The number of hydrogen-bond acceptors (Lipinski definition) is 2. The topological polar surface area (TPSA) is 66.0 Å². The van der Waals surface area contributed by atoms with E-state index in [4.69, 9.17) is 10.4 Å². The van der Waals surface area contributed by atoms with Crippen LogP contribution in [-0.2, 0) is 11.3 Å². The molecule has 4 nitrogen and oxygen atoms in total. The number of aryl methyl sites for hydroxylation is 1. The van der Waals surface area contributed by atoms with Gasteiger partial charge in [-0.15, -0.1) is 0 Å². The van der Waals surface area contributed by atoms with Crippen molar-refractivity contribution in [3.05, 3.63) is 53.6 Å². The lowest BCUT2D eigenvalue weighted by molar-refractivity contribution is -0.132. The highest BCUT2D eigenvalue weighted by atomic mass is 16.4. The van der Waals surface area contributed by atoms with E-state index in [1.807, 2.05) is 30.3 Å². The van der Waals surface area contributed by atoms with E-state index in [9.17, 15) is 4.79 Å². The number of aromatic nitrogens is 1. The first-order chi connectivity index (χ1) is 12.7. The lowest BCUT2D eigenvalue weighted by Gasteiger charge is -2.07. The van der Waals surface area contributed by atoms with Crippen LogP contribution < -0.4 is 0 Å². The van der Waals surface area contributed by atoms with Crippen LogP contribution in [0.3, 0.4) is 0 Å². The van der Waals surface area contributed by atoms with Gasteiger partial charge < -0.3 is 9.67 Å². The third-order valence-electron chi connectivity index (χ3n) is 4.69. The molecule has 0 radical (unpaired) electrons. The van der Waals surface area contributed by atoms with E-state index < -0.39 is 5.97 Å². The Morgan fingerprint density at radius 3 is 2.62 bits per heavy atom. The molecule has 0 bridgehead atoms. The first kappa shape index (κ1) is 17.8. The maximum Gasteiger partial charge on any atom is 0.346 e. The fraction of sp³-hybridized carbons (Fsp3) is 0.273. The van der Waals surface area contributed by atoms with Crippen LogP contribution in [0.5, 0.6) is 0 Å². The highest BCUT2D eigenvalue weighted by molar-refractivity contribution is 6.09. The summed E-state index contributed by atoms with van der Waals surface area (Å²) in [6.45, 7) is 3.18. The van der Waals surface area contributed by atoms with Gasteiger partial charge in [0, 0.05) is 28.4 Å². The fourth-order valence-corrected chi connectivity index (χ4v) is 3.41. The molecule has 2 aromatic carbocycles. The molecule has 1 heterocycles. The van der Waals surface area contributed by atoms with E-state index in [0.29, 0.717) is 0 Å². The van der Waals surface area contributed by atoms with Gasteiger partial charge in [0.2, 0.25) is 0 Å². The number of nitriles is 1. The predicted molar refractivity (Wildman–Crippen MR) is 105 cm³/mol. The molecule has 0 atom stereocenters. The van der Waals surface area contributed by atoms with Crippen molar-refractivity contribution in [3.8, 4) is 6.07 Å². The van der Waals surface area contributed by atoms with Gasteiger partial charge in [-0.25, -0.2) is 4.79 Å². The molecule has 0 spiro atoms. The number of para-hydroxylation sites is 1. The summed E-state index contributed by atoms with van der Waals surface area (Å²) in [6.07, 6.45) is 6.25. The van der Waals surface area contributed by atoms with Crippen LogP contribution in [-0.4, -0.2) is 15.6 Å². The third-order valence-corrected chi connectivity index (χ3v) is 4.69. The van der Waals surface area contributed by atoms with E-state index in [1.54, 1.807) is 6.07 Å². The van der Waals surface area contributed by atoms with Crippen molar-refractivity contribution in [1.29, 1.82) is 5.26 Å². The molecule has 4 heteroatoms. The summed E-state index contributed by atoms with van der Waals surface area (Å²) in [4.78, 5) is 11.1. The normalized spacial score (nSPS) is 11.8. The van der Waals surface area contributed by atoms with E-state index in [2.05, 4.69) is 23.6 Å². The predicted octanol–water partition coefficient (Wildman–Crippen LogP) is 5.37. The molecule has 0 aliphatic heterocycles. The van der Waals surface area contributed by atoms with E-state index in [1.165, 1.54) is 30.9 Å². The van der Waals surface area contributed by atoms with Crippen LogP contribution >= 0.6 is 0 Å². The summed E-state index contributed by atoms with van der Waals surface area (Å²) in [7, 11) is 0. The zero-order valence-electron chi connectivity index (χ0n) is 14.9. The van der Waals surface area contributed by atoms with Crippen molar-refractivity contribution in [2.45, 2.75) is 39.2 Å². The largest absolute Gasteiger partial charge is 0.477 e. The van der Waals surface area contributed by atoms with Gasteiger partial charge in [0.05, 0.1) is 0 Å². The Balaban J connectivity index is 2.08. The van der Waals surface area contributed by atoms with Gasteiger partial charge in [-0.2, -0.15) is 5.26 Å². The minimum atomic E-state index is -1.20. The van der Waals surface area contributed by atoms with E-state index in [0.717, 1.165) is 34.8 Å². The number of nitrogens with zero attached hydrogens (tertiary/aromatic N) is 2. The van der Waals surface area contributed by atoms with Gasteiger partial charge in [0.15, 0.2) is 0 Å². The monoisotopic (exact) mass is 346 g/mol. The molecule has 0 saturated heterocycles. The van der Waals surface area contributed by atoms with Crippen molar-refractivity contribution >= 4 is 33.9 Å². The molecule has 0 unspecified atom stereocenters. The number of aliphatic carboxylic acids is 1. The van der Waals surface area contributed by atoms with Gasteiger partial charge in [0.1, 0.15) is 11.6 Å². The van der Waals surface area contributed by atoms with Crippen molar-refractivity contribution < 1.29 is 9.90 Å². The maximum absolute atomic E-state index is 11.1. The molecule has 0 fully saturated rings. The Hall–Kier alpha value is -3.06. The van der Waals surface area contributed by atoms with Gasteiger partial charge in [-0.1, -0.05) is 50.5 Å². The Labute approximate surface area is 153 Å². The van der Waals surface area contributed by atoms with Crippen molar-refractivity contribution in [3.63, 3.8) is 0 Å². The molecule has 0 amide bonds. The number of fused-ring (bicyclic) bond motifs is 3. The molecule has 1 N–H and O–H groups in total. The zero-order valence-corrected chi connectivity index (χ0v) is 14.9. The molecule has 3 rings (SSSR count). The Kier molecular flexibility index (Phi) is 5.38. The number of benzene rings is 2. The average molecular weight is 346 g/mol. The fourth-order valence-electron chi connectivity index (χ4n) is 3.41. The van der Waals surface area contributed by atoms with E-state index in [-0.39, 0.29) is 5.57 Å². The molecule has 0 saturated carbocycles. The number of hydrogen-bond donors (Lipinski definition) is 1. The summed E-state index contributed by atoms with van der Waals surface area (Å²) in [5.41, 5.74) is 2.81. The molecular weight excluding hydrogens is 324 g/mol. The lowest BCUT2D eigenvalue weighted by Crippen LogP contribution is -1.98. The first-order valence-corrected chi connectivity index (χ1v) is 9.01. The number of carbonyl (C=O) groups is 1. The van der Waals surface area contributed by atoms with Crippen molar-refractivity contribution in [1.82, 2.24) is 4.57 Å². The van der Waals surface area contributed by atoms with Gasteiger partial charge in [-0.3, -0.25) is 0 Å². The second-order valence-electron chi connectivity index (χ2n) is 6.48. The third kappa shape index (κ3) is 3.48. The second kappa shape index (κ2) is 7.88. The minimum Gasteiger partial charge on any atom is -0.477 e. The van der Waals surface area contributed by atoms with Crippen LogP contribution in [0.25, 0.3) is 27.9 Å². The molecule has 3 aromatic rings. The summed E-state index contributed by atoms with van der Waals surface area (Å²) >= 11 is 0. The zero-order chi connectivity index (χ0) is 18.5. The SMILES string of the molecule is CCCCCCn1c2ccccc2c2cc(/C=C(/C#N)C(=O)O)ccc21. The van der Waals surface area contributed by atoms with Crippen LogP contribution in [0.1, 0.15) is 38.2 Å². The summed E-state index contributed by atoms with van der Waals surface area (Å²) in [5.74, 6) is -1.20. The first-order valence-electron chi connectivity index (χ1n) is 9.01. The summed E-state index contributed by atoms with van der Waals surface area (Å²) in [6, 6.07) is 15.9. The quantitative estimate of drug-likeness (QED) is 0.355. The summed E-state index contributed by atoms with van der Waals surface area (Å²) in [5, 5.41) is 20.3. The average Bonchev–Trinajstić information content (AvgIpc) is 2.96. The van der Waals surface area contributed by atoms with E-state index >= 15 is 0 Å². The van der Waals surface area contributed by atoms with Crippen molar-refractivity contribution in [2.75, 3.05) is 0 Å². The highest BCUT2D eigenvalue weighted by Crippen LogP contribution is 2.30. The van der Waals surface area contributed by atoms with Crippen LogP contribution in [0, 0.1) is 11.3 Å². The molecule has 132 valence electrons. The Morgan fingerprint density at radius 1 is 1.12 bits per heavy atom. The Bertz CT molecular complexity index is 1020. The number of rotatable bonds is 7. The maximum atomic E-state index is 11.1. The van der Waals surface area contributed by atoms with Gasteiger partial charge in [-0.05, 0) is 36.3 Å². The number of unbranched alkanes of at least 4 members (excludes halogenated alkanes) is 3. The molecule has 26 heavy (non-hydrogen) atoms. The van der Waals surface area contributed by atoms with Gasteiger partial charge >= 0.3 is 5.97 Å². The summed E-state index contributed by atoms with van der Waals surface area (Å²) < 4.78 is 2.34. The molecule has 0 aliphatic rings. The number of carboxylic acid groups (broad SMARTS) is 1. The van der Waals surface area contributed by atoms with Crippen molar-refractivity contribution in [2.24, 2.45) is 0 Å². The standard InChI is InChI=1S/C22H22N2O2/c1-2-3-4-7-12-24-20-9-6-5-8-18(20)19-14-16(10-11-21(19)24)13-17(15-23)22(25)26/h5-6,8-11,13-14H,2-4,7,12H2,1H3,(H,25,26)/b17-13-. The van der Waals surface area contributed by atoms with Gasteiger partial charge in [0.25, 0.3) is 0 Å². The smallest absolute Gasteiger partial charge is 0.346 e.